The maximum Gasteiger partial charge on any atom is 0.239 e. The first-order valence-corrected chi connectivity index (χ1v) is 5.04. The Morgan fingerprint density at radius 3 is 2.57 bits per heavy atom. The van der Waals surface area contributed by atoms with Crippen molar-refractivity contribution in [1.29, 1.82) is 0 Å². The van der Waals surface area contributed by atoms with Crippen LogP contribution in [0.15, 0.2) is 0 Å². The first kappa shape index (κ1) is 13.4. The van der Waals surface area contributed by atoms with E-state index in [9.17, 15) is 4.79 Å². The molecule has 0 aromatic heterocycles. The number of nitrogens with zero attached hydrogens (tertiary/aromatic N) is 1. The fraction of sp³-hybridized carbons (Fsp3) is 0.900. The van der Waals surface area contributed by atoms with Crippen molar-refractivity contribution in [3.8, 4) is 0 Å². The van der Waals surface area contributed by atoms with Gasteiger partial charge in [0.15, 0.2) is 0 Å². The van der Waals surface area contributed by atoms with Crippen LogP contribution < -0.4 is 5.73 Å². The van der Waals surface area contributed by atoms with Gasteiger partial charge in [-0.1, -0.05) is 20.3 Å². The van der Waals surface area contributed by atoms with Crippen molar-refractivity contribution in [2.75, 3.05) is 27.3 Å². The smallest absolute Gasteiger partial charge is 0.239 e. The first-order valence-electron chi connectivity index (χ1n) is 5.04. The van der Waals surface area contributed by atoms with Crippen LogP contribution in [-0.2, 0) is 9.53 Å². The van der Waals surface area contributed by atoms with Crippen LogP contribution in [0.4, 0.5) is 0 Å². The Kier molecular flexibility index (Phi) is 6.49. The molecule has 0 aromatic carbocycles. The zero-order valence-electron chi connectivity index (χ0n) is 9.62. The molecule has 0 saturated heterocycles. The Labute approximate surface area is 86.4 Å². The maximum absolute atomic E-state index is 11.7. The molecule has 0 fully saturated rings. The number of amides is 1. The average molecular weight is 202 g/mol. The fourth-order valence-electron chi connectivity index (χ4n) is 1.09. The molecule has 0 heterocycles. The molecule has 2 atom stereocenters. The minimum Gasteiger partial charge on any atom is -0.383 e. The summed E-state index contributed by atoms with van der Waals surface area (Å²) in [5, 5.41) is 0. The Balaban J connectivity index is 4.03. The van der Waals surface area contributed by atoms with Crippen LogP contribution in [0.25, 0.3) is 0 Å². The lowest BCUT2D eigenvalue weighted by Crippen LogP contribution is -2.46. The fourth-order valence-corrected chi connectivity index (χ4v) is 1.09. The molecule has 2 N–H and O–H groups in total. The summed E-state index contributed by atoms with van der Waals surface area (Å²) in [6, 6.07) is -0.387. The summed E-state index contributed by atoms with van der Waals surface area (Å²) in [6.07, 6.45) is 0.922. The van der Waals surface area contributed by atoms with E-state index in [1.54, 1.807) is 19.1 Å². The predicted octanol–water partition coefficient (Wildman–Crippen LogP) is 0.465. The zero-order valence-corrected chi connectivity index (χ0v) is 9.62. The van der Waals surface area contributed by atoms with Gasteiger partial charge in [-0.2, -0.15) is 0 Å². The molecule has 0 bridgehead atoms. The quantitative estimate of drug-likeness (QED) is 0.681. The number of nitrogens with two attached hydrogens (primary N) is 1. The summed E-state index contributed by atoms with van der Waals surface area (Å²) in [5.41, 5.74) is 5.81. The van der Waals surface area contributed by atoms with E-state index in [1.165, 1.54) is 0 Å². The molecule has 0 aliphatic carbocycles. The summed E-state index contributed by atoms with van der Waals surface area (Å²) >= 11 is 0. The summed E-state index contributed by atoms with van der Waals surface area (Å²) in [5.74, 6) is 0.226. The normalized spacial score (nSPS) is 14.9. The minimum atomic E-state index is -0.387. The highest BCUT2D eigenvalue weighted by molar-refractivity contribution is 5.81. The largest absolute Gasteiger partial charge is 0.383 e. The van der Waals surface area contributed by atoms with Crippen LogP contribution in [-0.4, -0.2) is 44.2 Å². The van der Waals surface area contributed by atoms with Crippen LogP contribution in [0, 0.1) is 5.92 Å². The van der Waals surface area contributed by atoms with Gasteiger partial charge in [-0.15, -0.1) is 0 Å². The number of carbonyl (C=O) groups is 1. The Morgan fingerprint density at radius 2 is 2.14 bits per heavy atom. The maximum atomic E-state index is 11.7. The van der Waals surface area contributed by atoms with Crippen LogP contribution >= 0.6 is 0 Å². The van der Waals surface area contributed by atoms with Gasteiger partial charge in [0, 0.05) is 20.7 Å². The third kappa shape index (κ3) is 4.07. The van der Waals surface area contributed by atoms with Crippen molar-refractivity contribution in [1.82, 2.24) is 4.90 Å². The minimum absolute atomic E-state index is 0.00333. The van der Waals surface area contributed by atoms with Crippen LogP contribution in [0.1, 0.15) is 20.3 Å². The number of rotatable bonds is 6. The number of ether oxygens (including phenoxy) is 1. The van der Waals surface area contributed by atoms with Crippen molar-refractivity contribution >= 4 is 5.91 Å². The lowest BCUT2D eigenvalue weighted by Gasteiger charge is -2.24. The molecular weight excluding hydrogens is 180 g/mol. The predicted molar refractivity (Wildman–Crippen MR) is 56.9 cm³/mol. The Bertz CT molecular complexity index is 174. The second-order valence-electron chi connectivity index (χ2n) is 3.66. The van der Waals surface area contributed by atoms with Gasteiger partial charge in [0.25, 0.3) is 0 Å². The number of hydrogen-bond donors (Lipinski definition) is 1. The van der Waals surface area contributed by atoms with Gasteiger partial charge in [0.2, 0.25) is 5.91 Å². The van der Waals surface area contributed by atoms with E-state index in [2.05, 4.69) is 0 Å². The third-order valence-corrected chi connectivity index (χ3v) is 2.55. The molecule has 0 aliphatic heterocycles. The second-order valence-corrected chi connectivity index (χ2v) is 3.66. The zero-order chi connectivity index (χ0) is 11.1. The van der Waals surface area contributed by atoms with Gasteiger partial charge in [0.1, 0.15) is 0 Å². The molecule has 0 saturated carbocycles. The van der Waals surface area contributed by atoms with Crippen molar-refractivity contribution < 1.29 is 9.53 Å². The SMILES string of the molecule is CC[C@H](C)[C@H](N)C(=O)N(C)CCOC. The van der Waals surface area contributed by atoms with E-state index < -0.39 is 0 Å². The summed E-state index contributed by atoms with van der Waals surface area (Å²) < 4.78 is 4.89. The highest BCUT2D eigenvalue weighted by Crippen LogP contribution is 2.07. The van der Waals surface area contributed by atoms with Crippen molar-refractivity contribution in [3.05, 3.63) is 0 Å². The topological polar surface area (TPSA) is 55.6 Å². The van der Waals surface area contributed by atoms with Gasteiger partial charge in [0.05, 0.1) is 12.6 Å². The lowest BCUT2D eigenvalue weighted by atomic mass is 9.99. The molecule has 0 spiro atoms. The molecule has 84 valence electrons. The molecule has 0 radical (unpaired) electrons. The summed E-state index contributed by atoms with van der Waals surface area (Å²) in [6.45, 7) is 5.18. The van der Waals surface area contributed by atoms with E-state index in [0.29, 0.717) is 13.2 Å². The summed E-state index contributed by atoms with van der Waals surface area (Å²) in [4.78, 5) is 13.3. The van der Waals surface area contributed by atoms with Gasteiger partial charge < -0.3 is 15.4 Å². The molecule has 0 aromatic rings. The van der Waals surface area contributed by atoms with Crippen LogP contribution in [0.5, 0.6) is 0 Å². The lowest BCUT2D eigenvalue weighted by molar-refractivity contribution is -0.132. The molecule has 0 aliphatic rings. The second kappa shape index (κ2) is 6.79. The van der Waals surface area contributed by atoms with Crippen molar-refractivity contribution in [3.63, 3.8) is 0 Å². The summed E-state index contributed by atoms with van der Waals surface area (Å²) in [7, 11) is 3.37. The average Bonchev–Trinajstić information content (AvgIpc) is 2.22. The molecule has 4 heteroatoms. The van der Waals surface area contributed by atoms with Gasteiger partial charge in [-0.3, -0.25) is 4.79 Å². The van der Waals surface area contributed by atoms with Crippen LogP contribution in [0.2, 0.25) is 0 Å². The van der Waals surface area contributed by atoms with Gasteiger partial charge in [-0.05, 0) is 5.92 Å². The molecule has 4 nitrogen and oxygen atoms in total. The molecule has 0 rings (SSSR count). The third-order valence-electron chi connectivity index (χ3n) is 2.55. The van der Waals surface area contributed by atoms with E-state index in [1.807, 2.05) is 13.8 Å². The number of likely N-dealkylation sites (N-methyl/N-ethyl adjacent to an activating group) is 1. The monoisotopic (exact) mass is 202 g/mol. The van der Waals surface area contributed by atoms with E-state index >= 15 is 0 Å². The van der Waals surface area contributed by atoms with Crippen molar-refractivity contribution in [2.45, 2.75) is 26.3 Å². The molecule has 0 unspecified atom stereocenters. The highest BCUT2D eigenvalue weighted by atomic mass is 16.5. The van der Waals surface area contributed by atoms with E-state index in [4.69, 9.17) is 10.5 Å². The standard InChI is InChI=1S/C10H22N2O2/c1-5-8(2)9(11)10(13)12(3)6-7-14-4/h8-9H,5-7,11H2,1-4H3/t8-,9-/m0/s1. The van der Waals surface area contributed by atoms with E-state index in [0.717, 1.165) is 6.42 Å². The molecule has 14 heavy (non-hydrogen) atoms. The number of carbonyl (C=O) groups excluding carboxylic acids is 1. The van der Waals surface area contributed by atoms with E-state index in [-0.39, 0.29) is 17.9 Å². The highest BCUT2D eigenvalue weighted by Gasteiger charge is 2.22. The Morgan fingerprint density at radius 1 is 1.57 bits per heavy atom. The molecule has 1 amide bonds. The number of methoxy groups -OCH3 is 1. The van der Waals surface area contributed by atoms with Gasteiger partial charge >= 0.3 is 0 Å². The first-order chi connectivity index (χ1) is 6.54. The van der Waals surface area contributed by atoms with Gasteiger partial charge in [-0.25, -0.2) is 0 Å². The van der Waals surface area contributed by atoms with Crippen LogP contribution in [0.3, 0.4) is 0 Å². The number of hydrogen-bond acceptors (Lipinski definition) is 3. The van der Waals surface area contributed by atoms with Crippen molar-refractivity contribution in [2.24, 2.45) is 11.7 Å². The Hall–Kier alpha value is -0.610. The molecular formula is C10H22N2O2.